The Hall–Kier alpha value is -0.600. The van der Waals surface area contributed by atoms with E-state index in [0.717, 1.165) is 0 Å². The van der Waals surface area contributed by atoms with Crippen LogP contribution in [-0.2, 0) is 21.2 Å². The third-order valence-corrected chi connectivity index (χ3v) is 5.63. The smallest absolute Gasteiger partial charge is 0.272 e. The van der Waals surface area contributed by atoms with Crippen molar-refractivity contribution in [2.24, 2.45) is 0 Å². The SMILES string of the molecule is O=C(N[C@@H]1CS(=O)(=O)C[C@H]1NCc1cccc(F)c1)C(Cl)(Cl)Cl. The minimum Gasteiger partial charge on any atom is -0.347 e. The van der Waals surface area contributed by atoms with Crippen LogP contribution in [0, 0.1) is 5.82 Å². The molecule has 10 heteroatoms. The van der Waals surface area contributed by atoms with Crippen LogP contribution in [0.2, 0.25) is 0 Å². The van der Waals surface area contributed by atoms with Crippen LogP contribution < -0.4 is 10.6 Å². The summed E-state index contributed by atoms with van der Waals surface area (Å²) >= 11 is 16.4. The molecule has 1 aliphatic rings. The van der Waals surface area contributed by atoms with E-state index in [9.17, 15) is 17.6 Å². The fourth-order valence-corrected chi connectivity index (χ4v) is 4.40. The van der Waals surface area contributed by atoms with E-state index < -0.39 is 31.6 Å². The maximum absolute atomic E-state index is 13.1. The van der Waals surface area contributed by atoms with Gasteiger partial charge in [-0.05, 0) is 17.7 Å². The summed E-state index contributed by atoms with van der Waals surface area (Å²) in [5, 5.41) is 5.42. The molecular formula is C13H14Cl3FN2O3S. The average molecular weight is 404 g/mol. The number of sulfone groups is 1. The zero-order chi connectivity index (χ0) is 17.3. The summed E-state index contributed by atoms with van der Waals surface area (Å²) in [6.45, 7) is 0.248. The van der Waals surface area contributed by atoms with Gasteiger partial charge in [0.1, 0.15) is 5.82 Å². The number of nitrogens with one attached hydrogen (secondary N) is 2. The number of carbonyl (C=O) groups is 1. The predicted molar refractivity (Wildman–Crippen MR) is 87.9 cm³/mol. The van der Waals surface area contributed by atoms with Crippen molar-refractivity contribution in [2.45, 2.75) is 22.4 Å². The van der Waals surface area contributed by atoms with Crippen LogP contribution in [0.4, 0.5) is 4.39 Å². The van der Waals surface area contributed by atoms with Crippen LogP contribution in [0.1, 0.15) is 5.56 Å². The Balaban J connectivity index is 2.04. The fraction of sp³-hybridized carbons (Fsp3) is 0.462. The van der Waals surface area contributed by atoms with E-state index in [-0.39, 0.29) is 23.9 Å². The number of hydrogen-bond acceptors (Lipinski definition) is 4. The lowest BCUT2D eigenvalue weighted by molar-refractivity contribution is -0.120. The van der Waals surface area contributed by atoms with Gasteiger partial charge in [0.25, 0.3) is 9.70 Å². The van der Waals surface area contributed by atoms with Crippen LogP contribution in [0.3, 0.4) is 0 Å². The molecule has 5 nitrogen and oxygen atoms in total. The maximum Gasteiger partial charge on any atom is 0.272 e. The van der Waals surface area contributed by atoms with E-state index in [1.807, 2.05) is 0 Å². The molecule has 128 valence electrons. The molecule has 1 saturated heterocycles. The highest BCUT2D eigenvalue weighted by atomic mass is 35.6. The second-order valence-corrected chi connectivity index (χ2v) is 9.71. The van der Waals surface area contributed by atoms with Crippen molar-refractivity contribution < 1.29 is 17.6 Å². The normalized spacial score (nSPS) is 23.7. The molecule has 1 aromatic rings. The van der Waals surface area contributed by atoms with Gasteiger partial charge in [-0.1, -0.05) is 46.9 Å². The molecule has 1 amide bonds. The fourth-order valence-electron chi connectivity index (χ4n) is 2.34. The molecule has 0 unspecified atom stereocenters. The molecule has 1 heterocycles. The van der Waals surface area contributed by atoms with Crippen molar-refractivity contribution in [3.63, 3.8) is 0 Å². The molecular weight excluding hydrogens is 390 g/mol. The lowest BCUT2D eigenvalue weighted by Crippen LogP contribution is -2.51. The van der Waals surface area contributed by atoms with Crippen LogP contribution in [0.5, 0.6) is 0 Å². The number of halogens is 4. The predicted octanol–water partition coefficient (Wildman–Crippen LogP) is 1.57. The first kappa shape index (κ1) is 18.7. The molecule has 23 heavy (non-hydrogen) atoms. The second-order valence-electron chi connectivity index (χ2n) is 5.27. The van der Waals surface area contributed by atoms with Crippen LogP contribution >= 0.6 is 34.8 Å². The number of alkyl halides is 3. The molecule has 1 aliphatic heterocycles. The van der Waals surface area contributed by atoms with Gasteiger partial charge in [0, 0.05) is 12.6 Å². The van der Waals surface area contributed by atoms with Gasteiger partial charge in [-0.3, -0.25) is 4.79 Å². The van der Waals surface area contributed by atoms with Crippen molar-refractivity contribution in [3.8, 4) is 0 Å². The lowest BCUT2D eigenvalue weighted by Gasteiger charge is -2.22. The number of carbonyl (C=O) groups excluding carboxylic acids is 1. The molecule has 0 spiro atoms. The maximum atomic E-state index is 13.1. The van der Waals surface area contributed by atoms with Gasteiger partial charge in [0.15, 0.2) is 9.84 Å². The van der Waals surface area contributed by atoms with Crippen LogP contribution in [-0.4, -0.2) is 41.7 Å². The summed E-state index contributed by atoms with van der Waals surface area (Å²) in [7, 11) is -3.33. The van der Waals surface area contributed by atoms with Gasteiger partial charge in [0.2, 0.25) is 0 Å². The first-order valence-electron chi connectivity index (χ1n) is 6.63. The zero-order valence-corrected chi connectivity index (χ0v) is 14.8. The largest absolute Gasteiger partial charge is 0.347 e. The molecule has 2 N–H and O–H groups in total. The van der Waals surface area contributed by atoms with E-state index in [4.69, 9.17) is 34.8 Å². The number of hydrogen-bond donors (Lipinski definition) is 2. The minimum atomic E-state index is -3.33. The first-order chi connectivity index (χ1) is 10.6. The minimum absolute atomic E-state index is 0.160. The van der Waals surface area contributed by atoms with Crippen molar-refractivity contribution >= 4 is 50.5 Å². The van der Waals surface area contributed by atoms with Gasteiger partial charge in [-0.15, -0.1) is 0 Å². The summed E-state index contributed by atoms with van der Waals surface area (Å²) in [5.41, 5.74) is 0.653. The van der Waals surface area contributed by atoms with Gasteiger partial charge >= 0.3 is 0 Å². The van der Waals surface area contributed by atoms with Crippen molar-refractivity contribution in [1.29, 1.82) is 0 Å². The zero-order valence-electron chi connectivity index (χ0n) is 11.7. The van der Waals surface area contributed by atoms with E-state index in [2.05, 4.69) is 10.6 Å². The molecule has 0 saturated carbocycles. The molecule has 2 atom stereocenters. The van der Waals surface area contributed by atoms with E-state index in [0.29, 0.717) is 5.56 Å². The molecule has 0 radical (unpaired) electrons. The van der Waals surface area contributed by atoms with E-state index in [1.165, 1.54) is 12.1 Å². The van der Waals surface area contributed by atoms with Crippen molar-refractivity contribution in [3.05, 3.63) is 35.6 Å². The summed E-state index contributed by atoms with van der Waals surface area (Å²) < 4.78 is 34.6. The molecule has 1 fully saturated rings. The Morgan fingerprint density at radius 3 is 2.52 bits per heavy atom. The van der Waals surface area contributed by atoms with E-state index in [1.54, 1.807) is 12.1 Å². The number of benzene rings is 1. The van der Waals surface area contributed by atoms with Gasteiger partial charge in [-0.25, -0.2) is 12.8 Å². The number of amides is 1. The molecule has 1 aromatic carbocycles. The summed E-state index contributed by atoms with van der Waals surface area (Å²) in [6.07, 6.45) is 0. The molecule has 0 aliphatic carbocycles. The summed E-state index contributed by atoms with van der Waals surface area (Å²) in [6, 6.07) is 4.63. The van der Waals surface area contributed by atoms with E-state index >= 15 is 0 Å². The number of rotatable bonds is 4. The second kappa shape index (κ2) is 7.11. The first-order valence-corrected chi connectivity index (χ1v) is 9.58. The molecule has 0 bridgehead atoms. The monoisotopic (exact) mass is 402 g/mol. The van der Waals surface area contributed by atoms with Gasteiger partial charge < -0.3 is 10.6 Å². The quantitative estimate of drug-likeness (QED) is 0.748. The third-order valence-electron chi connectivity index (χ3n) is 3.38. The standard InChI is InChI=1S/C13H14Cl3FN2O3S/c14-13(15,16)12(20)19-11-7-23(21,22)6-10(11)18-5-8-2-1-3-9(17)4-8/h1-4,10-11,18H,5-7H2,(H,19,20)/t10-,11-/m1/s1. The Kier molecular flexibility index (Phi) is 5.79. The van der Waals surface area contributed by atoms with Gasteiger partial charge in [0.05, 0.1) is 17.5 Å². The van der Waals surface area contributed by atoms with Crippen LogP contribution in [0.15, 0.2) is 24.3 Å². The Morgan fingerprint density at radius 1 is 1.26 bits per heavy atom. The topological polar surface area (TPSA) is 75.3 Å². The molecule has 0 aromatic heterocycles. The lowest BCUT2D eigenvalue weighted by atomic mass is 10.1. The van der Waals surface area contributed by atoms with Gasteiger partial charge in [-0.2, -0.15) is 0 Å². The summed E-state index contributed by atoms with van der Waals surface area (Å²) in [4.78, 5) is 11.7. The Bertz CT molecular complexity index is 694. The Morgan fingerprint density at radius 2 is 1.91 bits per heavy atom. The summed E-state index contributed by atoms with van der Waals surface area (Å²) in [5.74, 6) is -1.68. The highest BCUT2D eigenvalue weighted by Crippen LogP contribution is 2.27. The van der Waals surface area contributed by atoms with Crippen molar-refractivity contribution in [1.82, 2.24) is 10.6 Å². The van der Waals surface area contributed by atoms with Crippen molar-refractivity contribution in [2.75, 3.05) is 11.5 Å². The van der Waals surface area contributed by atoms with Crippen LogP contribution in [0.25, 0.3) is 0 Å². The highest BCUT2D eigenvalue weighted by Gasteiger charge is 2.41. The average Bonchev–Trinajstić information content (AvgIpc) is 2.70. The Labute approximate surface area is 148 Å². The third kappa shape index (κ3) is 5.46. The highest BCUT2D eigenvalue weighted by molar-refractivity contribution is 7.91. The molecule has 2 rings (SSSR count).